The molecule has 0 fully saturated rings. The molecule has 2 aromatic carbocycles. The second-order valence-corrected chi connectivity index (χ2v) is 6.94. The van der Waals surface area contributed by atoms with Crippen molar-refractivity contribution in [2.75, 3.05) is 0 Å². The van der Waals surface area contributed by atoms with E-state index >= 15 is 0 Å². The molecule has 7 heteroatoms. The molecule has 0 spiro atoms. The van der Waals surface area contributed by atoms with Crippen LogP contribution in [0.4, 0.5) is 0 Å². The zero-order chi connectivity index (χ0) is 21.5. The number of aryl methyl sites for hydroxylation is 1. The molecule has 7 nitrogen and oxygen atoms in total. The van der Waals surface area contributed by atoms with E-state index < -0.39 is 17.0 Å². The van der Waals surface area contributed by atoms with E-state index in [-0.39, 0.29) is 28.2 Å². The molecule has 31 heavy (non-hydrogen) atoms. The molecule has 5 rings (SSSR count). The molecule has 0 saturated carbocycles. The number of esters is 1. The van der Waals surface area contributed by atoms with Crippen LogP contribution in [0.5, 0.6) is 5.75 Å². The van der Waals surface area contributed by atoms with Gasteiger partial charge in [-0.15, -0.1) is 0 Å². The molecule has 0 aliphatic rings. The van der Waals surface area contributed by atoms with E-state index in [2.05, 4.69) is 0 Å². The summed E-state index contributed by atoms with van der Waals surface area (Å²) in [7, 11) is 0. The summed E-state index contributed by atoms with van der Waals surface area (Å²) in [6.45, 7) is 1.86. The van der Waals surface area contributed by atoms with Gasteiger partial charge in [0.15, 0.2) is 5.76 Å². The third-order valence-corrected chi connectivity index (χ3v) is 4.81. The lowest BCUT2D eigenvalue weighted by Crippen LogP contribution is -2.22. The number of ether oxygens (including phenoxy) is 1. The first-order chi connectivity index (χ1) is 15.0. The summed E-state index contributed by atoms with van der Waals surface area (Å²) in [4.78, 5) is 38.3. The monoisotopic (exact) mass is 414 g/mol. The quantitative estimate of drug-likeness (QED) is 0.312. The van der Waals surface area contributed by atoms with Crippen molar-refractivity contribution in [3.8, 4) is 17.3 Å². The lowest BCUT2D eigenvalue weighted by Gasteiger charge is -2.09. The van der Waals surface area contributed by atoms with Gasteiger partial charge in [-0.3, -0.25) is 4.79 Å². The Balaban J connectivity index is 1.67. The molecular weight excluding hydrogens is 400 g/mol. The summed E-state index contributed by atoms with van der Waals surface area (Å²) in [6.07, 6.45) is 1.40. The van der Waals surface area contributed by atoms with E-state index in [1.807, 2.05) is 6.92 Å². The smallest absolute Gasteiger partial charge is 0.351 e. The normalized spacial score (nSPS) is 11.1. The van der Waals surface area contributed by atoms with E-state index in [0.717, 1.165) is 5.56 Å². The van der Waals surface area contributed by atoms with E-state index in [1.165, 1.54) is 12.3 Å². The van der Waals surface area contributed by atoms with Crippen molar-refractivity contribution in [2.24, 2.45) is 0 Å². The second kappa shape index (κ2) is 7.14. The molecule has 0 aliphatic heterocycles. The van der Waals surface area contributed by atoms with Gasteiger partial charge in [-0.05, 0) is 48.9 Å². The van der Waals surface area contributed by atoms with E-state index in [9.17, 15) is 14.4 Å². The summed E-state index contributed by atoms with van der Waals surface area (Å²) in [5, 5.41) is 0.774. The van der Waals surface area contributed by atoms with Crippen molar-refractivity contribution in [1.82, 2.24) is 0 Å². The number of hydrogen-bond acceptors (Lipinski definition) is 7. The van der Waals surface area contributed by atoms with Gasteiger partial charge in [-0.1, -0.05) is 24.3 Å². The summed E-state index contributed by atoms with van der Waals surface area (Å²) >= 11 is 0. The molecule has 0 unspecified atom stereocenters. The molecule has 5 aromatic rings. The average Bonchev–Trinajstić information content (AvgIpc) is 3.29. The average molecular weight is 414 g/mol. The zero-order valence-electron chi connectivity index (χ0n) is 16.2. The molecule has 0 aliphatic carbocycles. The van der Waals surface area contributed by atoms with Crippen molar-refractivity contribution >= 4 is 27.9 Å². The minimum Gasteiger partial charge on any atom is -0.461 e. The minimum absolute atomic E-state index is 0.0494. The number of carbonyl (C=O) groups excluding carboxylic acids is 1. The van der Waals surface area contributed by atoms with Crippen molar-refractivity contribution in [1.29, 1.82) is 0 Å². The largest absolute Gasteiger partial charge is 0.461 e. The van der Waals surface area contributed by atoms with Crippen molar-refractivity contribution in [2.45, 2.75) is 6.92 Å². The molecule has 0 saturated heterocycles. The predicted molar refractivity (Wildman–Crippen MR) is 112 cm³/mol. The number of hydrogen-bond donors (Lipinski definition) is 0. The van der Waals surface area contributed by atoms with Gasteiger partial charge in [-0.2, -0.15) is 0 Å². The SMILES string of the molecule is Cc1ccc2c(=O)c(OC(=O)c3cc4ccccc4oc3=O)c(-c3ccco3)oc2c1. The van der Waals surface area contributed by atoms with Gasteiger partial charge >= 0.3 is 11.6 Å². The highest BCUT2D eigenvalue weighted by atomic mass is 16.5. The fourth-order valence-electron chi connectivity index (χ4n) is 3.30. The summed E-state index contributed by atoms with van der Waals surface area (Å²) in [6, 6.07) is 16.3. The highest BCUT2D eigenvalue weighted by molar-refractivity contribution is 5.95. The Labute approximate surface area is 174 Å². The van der Waals surface area contributed by atoms with Gasteiger partial charge in [0.1, 0.15) is 16.7 Å². The maximum absolute atomic E-state index is 13.1. The van der Waals surface area contributed by atoms with Crippen molar-refractivity contribution < 1.29 is 22.8 Å². The van der Waals surface area contributed by atoms with Crippen LogP contribution in [-0.4, -0.2) is 5.97 Å². The Kier molecular flexibility index (Phi) is 4.29. The Bertz CT molecular complexity index is 1570. The first kappa shape index (κ1) is 18.6. The number of para-hydroxylation sites is 1. The van der Waals surface area contributed by atoms with Crippen LogP contribution in [-0.2, 0) is 0 Å². The number of benzene rings is 2. The molecule has 0 bridgehead atoms. The molecule has 0 N–H and O–H groups in total. The maximum Gasteiger partial charge on any atom is 0.351 e. The molecular formula is C24H14O7. The van der Waals surface area contributed by atoms with E-state index in [1.54, 1.807) is 54.6 Å². The molecule has 0 amide bonds. The van der Waals surface area contributed by atoms with Crippen LogP contribution in [0.15, 0.2) is 89.8 Å². The number of furan rings is 1. The highest BCUT2D eigenvalue weighted by Crippen LogP contribution is 2.32. The molecule has 3 aromatic heterocycles. The van der Waals surface area contributed by atoms with E-state index in [4.69, 9.17) is 18.0 Å². The van der Waals surface area contributed by atoms with Crippen LogP contribution in [0.25, 0.3) is 33.5 Å². The molecule has 0 atom stereocenters. The van der Waals surface area contributed by atoms with Gasteiger partial charge in [-0.25, -0.2) is 9.59 Å². The topological polar surface area (TPSA) is 99.9 Å². The zero-order valence-corrected chi connectivity index (χ0v) is 16.2. The molecule has 3 heterocycles. The number of fused-ring (bicyclic) bond motifs is 2. The number of carbonyl (C=O) groups is 1. The lowest BCUT2D eigenvalue weighted by atomic mass is 10.1. The van der Waals surface area contributed by atoms with Crippen LogP contribution in [0, 0.1) is 6.92 Å². The van der Waals surface area contributed by atoms with Crippen molar-refractivity contribution in [3.63, 3.8) is 0 Å². The van der Waals surface area contributed by atoms with Crippen LogP contribution in [0.2, 0.25) is 0 Å². The van der Waals surface area contributed by atoms with Crippen LogP contribution in [0.3, 0.4) is 0 Å². The third-order valence-electron chi connectivity index (χ3n) is 4.81. The van der Waals surface area contributed by atoms with Crippen LogP contribution < -0.4 is 15.8 Å². The van der Waals surface area contributed by atoms with Crippen LogP contribution >= 0.6 is 0 Å². The van der Waals surface area contributed by atoms with E-state index in [0.29, 0.717) is 16.6 Å². The van der Waals surface area contributed by atoms with Crippen molar-refractivity contribution in [3.05, 3.63) is 98.7 Å². The van der Waals surface area contributed by atoms with Crippen LogP contribution in [0.1, 0.15) is 15.9 Å². The fraction of sp³-hybridized carbons (Fsp3) is 0.0417. The maximum atomic E-state index is 13.1. The van der Waals surface area contributed by atoms with Gasteiger partial charge in [0, 0.05) is 5.39 Å². The first-order valence-electron chi connectivity index (χ1n) is 9.38. The Morgan fingerprint density at radius 1 is 0.903 bits per heavy atom. The Hall–Kier alpha value is -4.39. The summed E-state index contributed by atoms with van der Waals surface area (Å²) in [5.74, 6) is -1.25. The third kappa shape index (κ3) is 3.22. The molecule has 152 valence electrons. The lowest BCUT2D eigenvalue weighted by molar-refractivity contribution is 0.0727. The minimum atomic E-state index is -1.04. The second-order valence-electron chi connectivity index (χ2n) is 6.94. The predicted octanol–water partition coefficient (Wildman–Crippen LogP) is 4.69. The van der Waals surface area contributed by atoms with Gasteiger partial charge < -0.3 is 18.0 Å². The first-order valence-corrected chi connectivity index (χ1v) is 9.38. The highest BCUT2D eigenvalue weighted by Gasteiger charge is 2.24. The Morgan fingerprint density at radius 3 is 2.55 bits per heavy atom. The summed E-state index contributed by atoms with van der Waals surface area (Å²) < 4.78 is 21.8. The Morgan fingerprint density at radius 2 is 1.74 bits per heavy atom. The molecule has 0 radical (unpaired) electrons. The standard InChI is InChI=1S/C24H14O7/c1-13-8-9-15-19(11-13)29-21(18-7-4-10-28-18)22(20(15)25)31-24(27)16-12-14-5-2-3-6-17(14)30-23(16)26/h2-12H,1H3. The fourth-order valence-corrected chi connectivity index (χ4v) is 3.30. The summed E-state index contributed by atoms with van der Waals surface area (Å²) in [5.41, 5.74) is -0.232. The van der Waals surface area contributed by atoms with Gasteiger partial charge in [0.25, 0.3) is 0 Å². The van der Waals surface area contributed by atoms with Gasteiger partial charge in [0.05, 0.1) is 11.6 Å². The number of rotatable bonds is 3. The van der Waals surface area contributed by atoms with Gasteiger partial charge in [0.2, 0.25) is 16.9 Å².